The first-order chi connectivity index (χ1) is 12.5. The minimum atomic E-state index is -1.46. The van der Waals surface area contributed by atoms with Gasteiger partial charge in [0.15, 0.2) is 6.29 Å². The highest BCUT2D eigenvalue weighted by Crippen LogP contribution is 2.66. The Bertz CT molecular complexity index is 576. The standard InChI is InChI=1S/C19H32O8/c1-10(21)5-6-19-17(2,3)7-11(8-18(19,4)27-19)25-16-15(24)14(23)13(22)12(9-20)26-16/h5-6,10-16,20-24H,7-9H2,1-4H3/b6-5+/t10?,11-,12+,13+,14-,15+,16+,18+,19-/m0/s1. The molecule has 0 bridgehead atoms. The Balaban J connectivity index is 1.72. The largest absolute Gasteiger partial charge is 0.394 e. The molecular formula is C19H32O8. The molecule has 1 aliphatic carbocycles. The van der Waals surface area contributed by atoms with Gasteiger partial charge in [-0.15, -0.1) is 0 Å². The predicted molar refractivity (Wildman–Crippen MR) is 94.7 cm³/mol. The van der Waals surface area contributed by atoms with Crippen LogP contribution in [0, 0.1) is 5.41 Å². The van der Waals surface area contributed by atoms with Crippen LogP contribution in [-0.4, -0.2) is 86.3 Å². The molecule has 3 fully saturated rings. The fourth-order valence-corrected chi connectivity index (χ4v) is 4.78. The van der Waals surface area contributed by atoms with Gasteiger partial charge < -0.3 is 39.7 Å². The Morgan fingerprint density at radius 2 is 1.78 bits per heavy atom. The number of aliphatic hydroxyl groups is 5. The van der Waals surface area contributed by atoms with Gasteiger partial charge in [0, 0.05) is 11.8 Å². The van der Waals surface area contributed by atoms with E-state index in [1.807, 2.05) is 13.0 Å². The van der Waals surface area contributed by atoms with Gasteiger partial charge in [-0.3, -0.25) is 0 Å². The molecular weight excluding hydrogens is 356 g/mol. The number of aliphatic hydroxyl groups excluding tert-OH is 5. The van der Waals surface area contributed by atoms with Crippen molar-refractivity contribution in [2.24, 2.45) is 5.41 Å². The number of hydrogen-bond donors (Lipinski definition) is 5. The lowest BCUT2D eigenvalue weighted by molar-refractivity contribution is -0.315. The second kappa shape index (κ2) is 7.03. The first-order valence-corrected chi connectivity index (χ1v) is 9.50. The summed E-state index contributed by atoms with van der Waals surface area (Å²) in [5, 5.41) is 49.0. The molecule has 8 nitrogen and oxygen atoms in total. The molecule has 27 heavy (non-hydrogen) atoms. The topological polar surface area (TPSA) is 132 Å². The predicted octanol–water partition coefficient (Wildman–Crippen LogP) is -0.544. The van der Waals surface area contributed by atoms with E-state index in [-0.39, 0.29) is 11.5 Å². The number of epoxide rings is 1. The molecule has 0 aromatic heterocycles. The van der Waals surface area contributed by atoms with Crippen molar-refractivity contribution in [3.63, 3.8) is 0 Å². The van der Waals surface area contributed by atoms with E-state index in [0.29, 0.717) is 12.8 Å². The van der Waals surface area contributed by atoms with E-state index >= 15 is 0 Å². The van der Waals surface area contributed by atoms with Gasteiger partial charge in [0.25, 0.3) is 0 Å². The van der Waals surface area contributed by atoms with Crippen LogP contribution in [0.1, 0.15) is 40.5 Å². The molecule has 0 spiro atoms. The average molecular weight is 388 g/mol. The molecule has 2 saturated heterocycles. The van der Waals surface area contributed by atoms with Crippen LogP contribution in [0.15, 0.2) is 12.2 Å². The fraction of sp³-hybridized carbons (Fsp3) is 0.895. The number of ether oxygens (including phenoxy) is 3. The van der Waals surface area contributed by atoms with Crippen LogP contribution < -0.4 is 0 Å². The van der Waals surface area contributed by atoms with Gasteiger partial charge in [0.2, 0.25) is 0 Å². The molecule has 1 unspecified atom stereocenters. The molecule has 0 amide bonds. The van der Waals surface area contributed by atoms with Crippen LogP contribution >= 0.6 is 0 Å². The van der Waals surface area contributed by atoms with E-state index in [9.17, 15) is 25.5 Å². The number of rotatable bonds is 5. The van der Waals surface area contributed by atoms with Crippen molar-refractivity contribution >= 4 is 0 Å². The van der Waals surface area contributed by atoms with Gasteiger partial charge >= 0.3 is 0 Å². The Morgan fingerprint density at radius 3 is 2.33 bits per heavy atom. The summed E-state index contributed by atoms with van der Waals surface area (Å²) < 4.78 is 17.6. The van der Waals surface area contributed by atoms with Gasteiger partial charge in [-0.05, 0) is 20.3 Å². The van der Waals surface area contributed by atoms with E-state index in [4.69, 9.17) is 14.2 Å². The lowest BCUT2D eigenvalue weighted by Gasteiger charge is -2.44. The van der Waals surface area contributed by atoms with Crippen molar-refractivity contribution in [1.82, 2.24) is 0 Å². The quantitative estimate of drug-likeness (QED) is 0.313. The molecule has 0 aromatic carbocycles. The molecule has 5 N–H and O–H groups in total. The summed E-state index contributed by atoms with van der Waals surface area (Å²) in [6.45, 7) is 7.31. The minimum Gasteiger partial charge on any atom is -0.394 e. The smallest absolute Gasteiger partial charge is 0.186 e. The van der Waals surface area contributed by atoms with Crippen molar-refractivity contribution in [2.75, 3.05) is 6.61 Å². The second-order valence-corrected chi connectivity index (χ2v) is 8.92. The monoisotopic (exact) mass is 388 g/mol. The SMILES string of the molecule is CC(O)/C=C/[C@@]12O[C@]1(C)C[C@@H](O[C@@H]1O[C@H](CO)[C@@H](O)[C@H](O)[C@H]1O)CC2(C)C. The Labute approximate surface area is 159 Å². The summed E-state index contributed by atoms with van der Waals surface area (Å²) in [5.74, 6) is 0. The van der Waals surface area contributed by atoms with Crippen molar-refractivity contribution in [2.45, 2.75) is 94.7 Å². The van der Waals surface area contributed by atoms with Crippen LogP contribution in [0.2, 0.25) is 0 Å². The summed E-state index contributed by atoms with van der Waals surface area (Å²) in [6.07, 6.45) is -2.47. The lowest BCUT2D eigenvalue weighted by Crippen LogP contribution is -2.60. The number of fused-ring (bicyclic) bond motifs is 1. The van der Waals surface area contributed by atoms with Gasteiger partial charge in [-0.1, -0.05) is 26.0 Å². The van der Waals surface area contributed by atoms with Gasteiger partial charge in [-0.25, -0.2) is 0 Å². The molecule has 3 rings (SSSR count). The average Bonchev–Trinajstić information content (AvgIpc) is 3.20. The zero-order valence-electron chi connectivity index (χ0n) is 16.3. The second-order valence-electron chi connectivity index (χ2n) is 8.92. The third-order valence-corrected chi connectivity index (χ3v) is 6.28. The van der Waals surface area contributed by atoms with Crippen molar-refractivity contribution < 1.29 is 39.7 Å². The Hall–Kier alpha value is -0.580. The zero-order valence-corrected chi connectivity index (χ0v) is 16.3. The molecule has 156 valence electrons. The summed E-state index contributed by atoms with van der Waals surface area (Å²) in [7, 11) is 0. The molecule has 9 atom stereocenters. The van der Waals surface area contributed by atoms with E-state index in [1.165, 1.54) is 0 Å². The molecule has 0 radical (unpaired) electrons. The van der Waals surface area contributed by atoms with E-state index in [2.05, 4.69) is 13.8 Å². The highest BCUT2D eigenvalue weighted by atomic mass is 16.7. The fourth-order valence-electron chi connectivity index (χ4n) is 4.78. The molecule has 2 aliphatic heterocycles. The maximum Gasteiger partial charge on any atom is 0.186 e. The van der Waals surface area contributed by atoms with Crippen molar-refractivity contribution in [1.29, 1.82) is 0 Å². The maximum atomic E-state index is 10.2. The zero-order chi connectivity index (χ0) is 20.2. The highest BCUT2D eigenvalue weighted by molar-refractivity contribution is 5.32. The summed E-state index contributed by atoms with van der Waals surface area (Å²) in [6, 6.07) is 0. The lowest BCUT2D eigenvalue weighted by atomic mass is 9.63. The van der Waals surface area contributed by atoms with Gasteiger partial charge in [0.05, 0.1) is 18.8 Å². The first-order valence-electron chi connectivity index (χ1n) is 9.50. The van der Waals surface area contributed by atoms with Crippen LogP contribution in [0.25, 0.3) is 0 Å². The minimum absolute atomic E-state index is 0.301. The summed E-state index contributed by atoms with van der Waals surface area (Å²) >= 11 is 0. The maximum absolute atomic E-state index is 10.2. The Kier molecular flexibility index (Phi) is 5.51. The third kappa shape index (κ3) is 3.47. The first kappa shape index (κ1) is 21.1. The van der Waals surface area contributed by atoms with E-state index in [1.54, 1.807) is 13.0 Å². The summed E-state index contributed by atoms with van der Waals surface area (Å²) in [5.41, 5.74) is -1.27. The van der Waals surface area contributed by atoms with Crippen LogP contribution in [0.5, 0.6) is 0 Å². The van der Waals surface area contributed by atoms with E-state index in [0.717, 1.165) is 0 Å². The van der Waals surface area contributed by atoms with Gasteiger partial charge in [0.1, 0.15) is 35.6 Å². The molecule has 2 heterocycles. The third-order valence-electron chi connectivity index (χ3n) is 6.28. The van der Waals surface area contributed by atoms with Crippen molar-refractivity contribution in [3.05, 3.63) is 12.2 Å². The highest BCUT2D eigenvalue weighted by Gasteiger charge is 2.75. The van der Waals surface area contributed by atoms with Crippen molar-refractivity contribution in [3.8, 4) is 0 Å². The van der Waals surface area contributed by atoms with Gasteiger partial charge in [-0.2, -0.15) is 0 Å². The molecule has 0 aromatic rings. The molecule has 1 saturated carbocycles. The summed E-state index contributed by atoms with van der Waals surface area (Å²) in [4.78, 5) is 0. The molecule has 8 heteroatoms. The normalized spacial score (nSPS) is 50.4. The van der Waals surface area contributed by atoms with Crippen LogP contribution in [-0.2, 0) is 14.2 Å². The Morgan fingerprint density at radius 1 is 1.11 bits per heavy atom. The molecule has 3 aliphatic rings. The van der Waals surface area contributed by atoms with E-state index < -0.39 is 54.6 Å². The van der Waals surface area contributed by atoms with Crippen LogP contribution in [0.3, 0.4) is 0 Å². The van der Waals surface area contributed by atoms with Crippen LogP contribution in [0.4, 0.5) is 0 Å². The number of hydrogen-bond acceptors (Lipinski definition) is 8.